The summed E-state index contributed by atoms with van der Waals surface area (Å²) in [6.07, 6.45) is -2.15. The van der Waals surface area contributed by atoms with Gasteiger partial charge in [0.05, 0.1) is 12.4 Å². The smallest absolute Gasteiger partial charge is 0.167 e. The fourth-order valence-electron chi connectivity index (χ4n) is 0.767. The first-order valence-electron chi connectivity index (χ1n) is 4.31. The van der Waals surface area contributed by atoms with E-state index in [0.29, 0.717) is 12.2 Å². The van der Waals surface area contributed by atoms with E-state index < -0.39 is 19.0 Å². The summed E-state index contributed by atoms with van der Waals surface area (Å²) in [5.41, 5.74) is 0. The van der Waals surface area contributed by atoms with Crippen molar-refractivity contribution in [1.29, 1.82) is 0 Å². The van der Waals surface area contributed by atoms with Gasteiger partial charge in [0, 0.05) is 6.42 Å². The Morgan fingerprint density at radius 3 is 2.54 bits per heavy atom. The van der Waals surface area contributed by atoms with Gasteiger partial charge < -0.3 is 9.84 Å². The van der Waals surface area contributed by atoms with Crippen LogP contribution >= 0.6 is 0 Å². The molecule has 0 fully saturated rings. The Morgan fingerprint density at radius 1 is 1.46 bits per heavy atom. The second-order valence-electron chi connectivity index (χ2n) is 2.81. The number of hydrogen-bond donors (Lipinski definition) is 1. The Morgan fingerprint density at radius 2 is 2.08 bits per heavy atom. The predicted molar refractivity (Wildman–Crippen MR) is 46.9 cm³/mol. The van der Waals surface area contributed by atoms with Gasteiger partial charge in [-0.15, -0.1) is 0 Å². The fourth-order valence-corrected chi connectivity index (χ4v) is 0.767. The second-order valence-corrected chi connectivity index (χ2v) is 2.81. The van der Waals surface area contributed by atoms with E-state index in [9.17, 15) is 8.78 Å². The maximum Gasteiger partial charge on any atom is 0.167 e. The summed E-state index contributed by atoms with van der Waals surface area (Å²) < 4.78 is 30.0. The maximum absolute atomic E-state index is 12.7. The van der Waals surface area contributed by atoms with Crippen LogP contribution in [0, 0.1) is 0 Å². The summed E-state index contributed by atoms with van der Waals surface area (Å²) in [4.78, 5) is 0. The highest BCUT2D eigenvalue weighted by Gasteiger charge is 2.19. The first kappa shape index (κ1) is 12.4. The first-order valence-corrected chi connectivity index (χ1v) is 4.31. The van der Waals surface area contributed by atoms with Gasteiger partial charge in [-0.3, -0.25) is 0 Å². The molecule has 13 heavy (non-hydrogen) atoms. The Kier molecular flexibility index (Phi) is 6.49. The quantitative estimate of drug-likeness (QED) is 0.628. The Hall–Kier alpha value is -0.640. The molecule has 0 saturated carbocycles. The largest absolute Gasteiger partial charge is 0.495 e. The summed E-state index contributed by atoms with van der Waals surface area (Å²) in [6, 6.07) is 0. The van der Waals surface area contributed by atoms with Gasteiger partial charge >= 0.3 is 0 Å². The van der Waals surface area contributed by atoms with Crippen molar-refractivity contribution in [2.24, 2.45) is 0 Å². The van der Waals surface area contributed by atoms with Crippen molar-refractivity contribution in [3.8, 4) is 0 Å². The van der Waals surface area contributed by atoms with Gasteiger partial charge in [-0.2, -0.15) is 0 Å². The van der Waals surface area contributed by atoms with Crippen molar-refractivity contribution in [1.82, 2.24) is 0 Å². The van der Waals surface area contributed by atoms with Crippen LogP contribution in [0.4, 0.5) is 8.78 Å². The minimum atomic E-state index is -1.87. The molecule has 0 aromatic rings. The third-order valence-electron chi connectivity index (χ3n) is 1.54. The second kappa shape index (κ2) is 6.83. The van der Waals surface area contributed by atoms with Gasteiger partial charge in [0.2, 0.25) is 0 Å². The summed E-state index contributed by atoms with van der Waals surface area (Å²) in [7, 11) is 0. The molecule has 0 heterocycles. The summed E-state index contributed by atoms with van der Waals surface area (Å²) in [5, 5.41) is 8.28. The van der Waals surface area contributed by atoms with E-state index >= 15 is 0 Å². The number of allylic oxidation sites excluding steroid dienone is 1. The summed E-state index contributed by atoms with van der Waals surface area (Å²) >= 11 is 0. The molecule has 1 N–H and O–H groups in total. The number of hydrogen-bond acceptors (Lipinski definition) is 2. The topological polar surface area (TPSA) is 29.5 Å². The van der Waals surface area contributed by atoms with E-state index in [-0.39, 0.29) is 6.61 Å². The molecule has 0 aliphatic carbocycles. The van der Waals surface area contributed by atoms with Crippen LogP contribution < -0.4 is 0 Å². The summed E-state index contributed by atoms with van der Waals surface area (Å²) in [6.45, 7) is 4.28. The van der Waals surface area contributed by atoms with E-state index in [1.165, 1.54) is 0 Å². The van der Waals surface area contributed by atoms with Crippen molar-refractivity contribution in [3.05, 3.63) is 12.3 Å². The number of halogens is 2. The minimum Gasteiger partial charge on any atom is -0.495 e. The SMILES string of the molecule is C=C(CCC)OCC(F)C(F)CO. The van der Waals surface area contributed by atoms with E-state index in [0.717, 1.165) is 6.42 Å². The standard InChI is InChI=1S/C9H16F2O2/c1-3-4-7(2)13-6-9(11)8(10)5-12/h8-9,12H,2-6H2,1H3. The zero-order chi connectivity index (χ0) is 10.3. The van der Waals surface area contributed by atoms with Crippen LogP contribution in [0.25, 0.3) is 0 Å². The Balaban J connectivity index is 3.57. The number of rotatable bonds is 7. The molecule has 0 spiro atoms. The molecule has 0 bridgehead atoms. The zero-order valence-corrected chi connectivity index (χ0v) is 7.80. The lowest BCUT2D eigenvalue weighted by Gasteiger charge is -2.13. The highest BCUT2D eigenvalue weighted by molar-refractivity contribution is 4.82. The highest BCUT2D eigenvalue weighted by Crippen LogP contribution is 2.09. The molecular weight excluding hydrogens is 178 g/mol. The van der Waals surface area contributed by atoms with E-state index in [4.69, 9.17) is 9.84 Å². The number of alkyl halides is 2. The number of aliphatic hydroxyl groups is 1. The monoisotopic (exact) mass is 194 g/mol. The molecular formula is C9H16F2O2. The van der Waals surface area contributed by atoms with Gasteiger partial charge in [-0.05, 0) is 6.42 Å². The van der Waals surface area contributed by atoms with Gasteiger partial charge in [-0.1, -0.05) is 13.5 Å². The van der Waals surface area contributed by atoms with Gasteiger partial charge in [0.25, 0.3) is 0 Å². The zero-order valence-electron chi connectivity index (χ0n) is 7.80. The van der Waals surface area contributed by atoms with Crippen molar-refractivity contribution in [2.75, 3.05) is 13.2 Å². The normalized spacial score (nSPS) is 15.1. The molecule has 2 atom stereocenters. The van der Waals surface area contributed by atoms with Crippen LogP contribution in [0.3, 0.4) is 0 Å². The molecule has 0 aliphatic heterocycles. The van der Waals surface area contributed by atoms with E-state index in [2.05, 4.69) is 6.58 Å². The highest BCUT2D eigenvalue weighted by atomic mass is 19.2. The van der Waals surface area contributed by atoms with E-state index in [1.807, 2.05) is 6.92 Å². The van der Waals surface area contributed by atoms with Crippen LogP contribution in [0.15, 0.2) is 12.3 Å². The lowest BCUT2D eigenvalue weighted by atomic mass is 10.2. The lowest BCUT2D eigenvalue weighted by Crippen LogP contribution is -2.25. The minimum absolute atomic E-state index is 0.374. The van der Waals surface area contributed by atoms with Crippen LogP contribution in [0.5, 0.6) is 0 Å². The van der Waals surface area contributed by atoms with Crippen LogP contribution in [-0.4, -0.2) is 30.7 Å². The molecule has 4 heteroatoms. The Labute approximate surface area is 77.2 Å². The maximum atomic E-state index is 12.7. The molecule has 0 aromatic heterocycles. The summed E-state index contributed by atoms with van der Waals surface area (Å²) in [5.74, 6) is 0.454. The fraction of sp³-hybridized carbons (Fsp3) is 0.778. The predicted octanol–water partition coefficient (Wildman–Crippen LogP) is 1.99. The number of ether oxygens (including phenoxy) is 1. The van der Waals surface area contributed by atoms with Crippen molar-refractivity contribution in [2.45, 2.75) is 32.1 Å². The first-order chi connectivity index (χ1) is 6.11. The van der Waals surface area contributed by atoms with Crippen molar-refractivity contribution < 1.29 is 18.6 Å². The van der Waals surface area contributed by atoms with Gasteiger partial charge in [-0.25, -0.2) is 8.78 Å². The van der Waals surface area contributed by atoms with Crippen molar-refractivity contribution >= 4 is 0 Å². The molecule has 2 unspecified atom stereocenters. The molecule has 0 aromatic carbocycles. The number of aliphatic hydroxyl groups excluding tert-OH is 1. The van der Waals surface area contributed by atoms with Crippen LogP contribution in [-0.2, 0) is 4.74 Å². The van der Waals surface area contributed by atoms with Gasteiger partial charge in [0.15, 0.2) is 12.3 Å². The molecule has 0 radical (unpaired) electrons. The molecule has 0 saturated heterocycles. The van der Waals surface area contributed by atoms with Crippen LogP contribution in [0.2, 0.25) is 0 Å². The van der Waals surface area contributed by atoms with Crippen LogP contribution in [0.1, 0.15) is 19.8 Å². The molecule has 0 amide bonds. The average molecular weight is 194 g/mol. The molecule has 78 valence electrons. The third kappa shape index (κ3) is 5.58. The lowest BCUT2D eigenvalue weighted by molar-refractivity contribution is 0.0437. The third-order valence-corrected chi connectivity index (χ3v) is 1.54. The van der Waals surface area contributed by atoms with Crippen molar-refractivity contribution in [3.63, 3.8) is 0 Å². The molecule has 0 rings (SSSR count). The molecule has 2 nitrogen and oxygen atoms in total. The van der Waals surface area contributed by atoms with E-state index in [1.54, 1.807) is 0 Å². The average Bonchev–Trinajstić information content (AvgIpc) is 2.13. The van der Waals surface area contributed by atoms with Gasteiger partial charge in [0.1, 0.15) is 6.61 Å². The molecule has 0 aliphatic rings. The Bertz CT molecular complexity index is 151.